The van der Waals surface area contributed by atoms with Crippen molar-refractivity contribution in [1.82, 2.24) is 5.32 Å². The van der Waals surface area contributed by atoms with Gasteiger partial charge in [-0.05, 0) is 30.7 Å². The van der Waals surface area contributed by atoms with E-state index in [0.29, 0.717) is 13.0 Å². The van der Waals surface area contributed by atoms with Crippen LogP contribution in [0.5, 0.6) is 0 Å². The third kappa shape index (κ3) is 8.29. The number of nitrogens with two attached hydrogens (primary N) is 2. The molecule has 0 aromatic rings. The molecule has 0 aromatic heterocycles. The Hall–Kier alpha value is -1.63. The SMILES string of the molecule is CC(C)(C)C(CCN)CCC(=O)N[C@H](CC(N)=O)C(=O)O. The van der Waals surface area contributed by atoms with E-state index in [1.165, 1.54) is 0 Å². The molecule has 0 saturated carbocycles. The van der Waals surface area contributed by atoms with E-state index >= 15 is 0 Å². The Kier molecular flexibility index (Phi) is 7.94. The molecule has 0 fully saturated rings. The summed E-state index contributed by atoms with van der Waals surface area (Å²) in [6.07, 6.45) is 1.22. The highest BCUT2D eigenvalue weighted by Gasteiger charge is 2.26. The second kappa shape index (κ2) is 8.61. The number of rotatable bonds is 9. The van der Waals surface area contributed by atoms with Crippen LogP contribution in [0.15, 0.2) is 0 Å². The number of carboxylic acid groups (broad SMARTS) is 1. The van der Waals surface area contributed by atoms with E-state index in [1.807, 2.05) is 0 Å². The zero-order valence-corrected chi connectivity index (χ0v) is 13.0. The molecule has 0 bridgehead atoms. The lowest BCUT2D eigenvalue weighted by Gasteiger charge is -2.30. The predicted molar refractivity (Wildman–Crippen MR) is 79.2 cm³/mol. The fraction of sp³-hybridized carbons (Fsp3) is 0.786. The molecule has 1 unspecified atom stereocenters. The van der Waals surface area contributed by atoms with E-state index in [4.69, 9.17) is 16.6 Å². The average molecular weight is 301 g/mol. The highest BCUT2D eigenvalue weighted by Crippen LogP contribution is 2.31. The molecule has 0 heterocycles. The minimum absolute atomic E-state index is 0.0269. The summed E-state index contributed by atoms with van der Waals surface area (Å²) in [5, 5.41) is 11.2. The molecule has 0 aliphatic rings. The first-order chi connectivity index (χ1) is 9.57. The molecule has 2 atom stereocenters. The van der Waals surface area contributed by atoms with Gasteiger partial charge in [-0.2, -0.15) is 0 Å². The number of hydrogen-bond acceptors (Lipinski definition) is 4. The van der Waals surface area contributed by atoms with Crippen LogP contribution in [0.2, 0.25) is 0 Å². The molecule has 6 N–H and O–H groups in total. The van der Waals surface area contributed by atoms with E-state index < -0.39 is 30.2 Å². The molecule has 122 valence electrons. The molecule has 0 spiro atoms. The van der Waals surface area contributed by atoms with Crippen molar-refractivity contribution in [2.24, 2.45) is 22.8 Å². The maximum absolute atomic E-state index is 11.8. The maximum Gasteiger partial charge on any atom is 0.326 e. The lowest BCUT2D eigenvalue weighted by molar-refractivity contribution is -0.143. The molecule has 0 rings (SSSR count). The van der Waals surface area contributed by atoms with Crippen molar-refractivity contribution < 1.29 is 19.5 Å². The van der Waals surface area contributed by atoms with Crippen molar-refractivity contribution in [3.8, 4) is 0 Å². The first-order valence-electron chi connectivity index (χ1n) is 7.08. The van der Waals surface area contributed by atoms with E-state index in [0.717, 1.165) is 6.42 Å². The van der Waals surface area contributed by atoms with Crippen molar-refractivity contribution in [2.45, 2.75) is 52.5 Å². The number of nitrogens with one attached hydrogen (secondary N) is 1. The fourth-order valence-corrected chi connectivity index (χ4v) is 2.18. The van der Waals surface area contributed by atoms with Gasteiger partial charge in [0.25, 0.3) is 0 Å². The molecule has 21 heavy (non-hydrogen) atoms. The van der Waals surface area contributed by atoms with Gasteiger partial charge in [0.05, 0.1) is 6.42 Å². The van der Waals surface area contributed by atoms with Gasteiger partial charge in [-0.25, -0.2) is 4.79 Å². The summed E-state index contributed by atoms with van der Waals surface area (Å²) in [6, 6.07) is -1.27. The van der Waals surface area contributed by atoms with E-state index in [9.17, 15) is 14.4 Å². The van der Waals surface area contributed by atoms with Crippen molar-refractivity contribution in [3.05, 3.63) is 0 Å². The van der Waals surface area contributed by atoms with Crippen molar-refractivity contribution in [3.63, 3.8) is 0 Å². The van der Waals surface area contributed by atoms with Gasteiger partial charge >= 0.3 is 5.97 Å². The first-order valence-corrected chi connectivity index (χ1v) is 7.08. The Bertz CT molecular complexity index is 377. The van der Waals surface area contributed by atoms with E-state index in [2.05, 4.69) is 26.1 Å². The minimum Gasteiger partial charge on any atom is -0.480 e. The quantitative estimate of drug-likeness (QED) is 0.483. The summed E-state index contributed by atoms with van der Waals surface area (Å²) in [5.74, 6) is -2.16. The molecular formula is C14H27N3O4. The topological polar surface area (TPSA) is 136 Å². The van der Waals surface area contributed by atoms with Crippen LogP contribution in [0.25, 0.3) is 0 Å². The molecule has 2 amide bonds. The summed E-state index contributed by atoms with van der Waals surface area (Å²) < 4.78 is 0. The standard InChI is InChI=1S/C14H27N3O4/c1-14(2,3)9(6-7-15)4-5-12(19)17-10(13(20)21)8-11(16)18/h9-10H,4-8,15H2,1-3H3,(H2,16,18)(H,17,19)(H,20,21)/t9?,10-/m1/s1. The Morgan fingerprint density at radius 2 is 1.76 bits per heavy atom. The Morgan fingerprint density at radius 3 is 2.14 bits per heavy atom. The van der Waals surface area contributed by atoms with Gasteiger partial charge in [-0.1, -0.05) is 20.8 Å². The molecule has 0 saturated heterocycles. The molecular weight excluding hydrogens is 274 g/mol. The zero-order chi connectivity index (χ0) is 16.6. The number of carbonyl (C=O) groups excluding carboxylic acids is 2. The lowest BCUT2D eigenvalue weighted by atomic mass is 9.76. The highest BCUT2D eigenvalue weighted by molar-refractivity contribution is 5.88. The summed E-state index contributed by atoms with van der Waals surface area (Å²) in [4.78, 5) is 33.5. The number of carboxylic acids is 1. The Labute approximate surface area is 125 Å². The number of amides is 2. The van der Waals surface area contributed by atoms with Gasteiger partial charge < -0.3 is 21.9 Å². The van der Waals surface area contributed by atoms with E-state index in [-0.39, 0.29) is 17.8 Å². The molecule has 0 aliphatic heterocycles. The van der Waals surface area contributed by atoms with Crippen LogP contribution < -0.4 is 16.8 Å². The highest BCUT2D eigenvalue weighted by atomic mass is 16.4. The molecule has 0 aromatic carbocycles. The third-order valence-electron chi connectivity index (χ3n) is 3.50. The normalized spacial score (nSPS) is 14.3. The largest absolute Gasteiger partial charge is 0.480 e. The van der Waals surface area contributed by atoms with Crippen LogP contribution >= 0.6 is 0 Å². The fourth-order valence-electron chi connectivity index (χ4n) is 2.18. The number of hydrogen-bond donors (Lipinski definition) is 4. The third-order valence-corrected chi connectivity index (χ3v) is 3.50. The van der Waals surface area contributed by atoms with Gasteiger partial charge in [-0.15, -0.1) is 0 Å². The summed E-state index contributed by atoms with van der Waals surface area (Å²) >= 11 is 0. The predicted octanol–water partition coefficient (Wildman–Crippen LogP) is 0.223. The summed E-state index contributed by atoms with van der Waals surface area (Å²) in [7, 11) is 0. The van der Waals surface area contributed by atoms with Crippen LogP contribution in [0, 0.1) is 11.3 Å². The van der Waals surface area contributed by atoms with Crippen LogP contribution in [-0.4, -0.2) is 35.5 Å². The van der Waals surface area contributed by atoms with Crippen LogP contribution in [0.1, 0.15) is 46.5 Å². The number of aliphatic carboxylic acids is 1. The van der Waals surface area contributed by atoms with Gasteiger partial charge in [-0.3, -0.25) is 9.59 Å². The van der Waals surface area contributed by atoms with Gasteiger partial charge in [0.1, 0.15) is 6.04 Å². The molecule has 0 aliphatic carbocycles. The van der Waals surface area contributed by atoms with Crippen molar-refractivity contribution in [1.29, 1.82) is 0 Å². The van der Waals surface area contributed by atoms with E-state index in [1.54, 1.807) is 0 Å². The van der Waals surface area contributed by atoms with Gasteiger partial charge in [0, 0.05) is 6.42 Å². The average Bonchev–Trinajstić information content (AvgIpc) is 2.31. The minimum atomic E-state index is -1.27. The zero-order valence-electron chi connectivity index (χ0n) is 13.0. The summed E-state index contributed by atoms with van der Waals surface area (Å²) in [6.45, 7) is 6.79. The maximum atomic E-state index is 11.8. The second-order valence-electron chi connectivity index (χ2n) is 6.31. The number of carbonyl (C=O) groups is 3. The summed E-state index contributed by atoms with van der Waals surface area (Å²) in [5.41, 5.74) is 10.6. The number of primary amides is 1. The van der Waals surface area contributed by atoms with Crippen LogP contribution in [0.3, 0.4) is 0 Å². The lowest BCUT2D eigenvalue weighted by Crippen LogP contribution is -2.43. The van der Waals surface area contributed by atoms with Crippen molar-refractivity contribution >= 4 is 17.8 Å². The van der Waals surface area contributed by atoms with Gasteiger partial charge in [0.15, 0.2) is 0 Å². The molecule has 7 heteroatoms. The second-order valence-corrected chi connectivity index (χ2v) is 6.31. The molecule has 7 nitrogen and oxygen atoms in total. The first kappa shape index (κ1) is 19.4. The Morgan fingerprint density at radius 1 is 1.19 bits per heavy atom. The molecule has 0 radical (unpaired) electrons. The smallest absolute Gasteiger partial charge is 0.326 e. The monoisotopic (exact) mass is 301 g/mol. The van der Waals surface area contributed by atoms with Gasteiger partial charge in [0.2, 0.25) is 11.8 Å². The van der Waals surface area contributed by atoms with Crippen molar-refractivity contribution in [2.75, 3.05) is 6.54 Å². The van der Waals surface area contributed by atoms with Crippen LogP contribution in [0.4, 0.5) is 0 Å². The van der Waals surface area contributed by atoms with Crippen LogP contribution in [-0.2, 0) is 14.4 Å². The Balaban J connectivity index is 4.46.